The van der Waals surface area contributed by atoms with Crippen LogP contribution < -0.4 is 9.47 Å². The Hall–Kier alpha value is -3.42. The lowest BCUT2D eigenvalue weighted by molar-refractivity contribution is -0.385. The van der Waals surface area contributed by atoms with Crippen molar-refractivity contribution in [2.75, 3.05) is 20.3 Å². The maximum absolute atomic E-state index is 12.3. The molecule has 0 aliphatic heterocycles. The molecular weight excluding hydrogens is 342 g/mol. The maximum atomic E-state index is 12.3. The predicted octanol–water partition coefficient (Wildman–Crippen LogP) is 3.04. The number of esters is 1. The monoisotopic (exact) mass is 359 g/mol. The Morgan fingerprint density at radius 2 is 1.81 bits per heavy atom. The number of benzene rings is 2. The zero-order valence-corrected chi connectivity index (χ0v) is 14.3. The topological polar surface area (TPSA) is 105 Å². The lowest BCUT2D eigenvalue weighted by atomic mass is 10.1. The molecule has 0 radical (unpaired) electrons. The van der Waals surface area contributed by atoms with Gasteiger partial charge in [-0.15, -0.1) is 0 Å². The molecule has 2 rings (SSSR count). The summed E-state index contributed by atoms with van der Waals surface area (Å²) in [6.07, 6.45) is 0. The van der Waals surface area contributed by atoms with Crippen LogP contribution in [0.15, 0.2) is 42.5 Å². The highest BCUT2D eigenvalue weighted by Crippen LogP contribution is 2.35. The molecule has 0 bridgehead atoms. The maximum Gasteiger partial charge on any atom is 0.345 e. The second-order valence-electron chi connectivity index (χ2n) is 5.08. The molecular formula is C18H17NO7. The van der Waals surface area contributed by atoms with Crippen molar-refractivity contribution in [1.82, 2.24) is 0 Å². The molecule has 8 heteroatoms. The molecule has 0 saturated carbocycles. The molecule has 0 aromatic heterocycles. The van der Waals surface area contributed by atoms with E-state index in [1.54, 1.807) is 37.3 Å². The normalized spacial score (nSPS) is 10.1. The van der Waals surface area contributed by atoms with E-state index in [2.05, 4.69) is 0 Å². The standard InChI is InChI=1S/C18H17NO7/c1-3-25-17-9-13(14(19(22)23)10-16(17)24-2)18(21)26-11-15(20)12-7-5-4-6-8-12/h4-10H,3,11H2,1-2H3. The van der Waals surface area contributed by atoms with Gasteiger partial charge in [0, 0.05) is 11.6 Å². The largest absolute Gasteiger partial charge is 0.493 e. The molecule has 0 spiro atoms. The Labute approximate surface area is 149 Å². The molecule has 0 unspecified atom stereocenters. The van der Waals surface area contributed by atoms with Crippen molar-refractivity contribution in [2.24, 2.45) is 0 Å². The first-order valence-corrected chi connectivity index (χ1v) is 7.72. The molecule has 0 saturated heterocycles. The van der Waals surface area contributed by atoms with E-state index in [1.807, 2.05) is 0 Å². The molecule has 0 N–H and O–H groups in total. The Kier molecular flexibility index (Phi) is 6.26. The molecule has 0 aliphatic rings. The number of ketones is 1. The van der Waals surface area contributed by atoms with Gasteiger partial charge in [0.25, 0.3) is 5.69 Å². The molecule has 0 fully saturated rings. The van der Waals surface area contributed by atoms with Crippen LogP contribution in [0.3, 0.4) is 0 Å². The summed E-state index contributed by atoms with van der Waals surface area (Å²) in [5.74, 6) is -1.12. The van der Waals surface area contributed by atoms with Crippen LogP contribution in [0.25, 0.3) is 0 Å². The number of hydrogen-bond donors (Lipinski definition) is 0. The summed E-state index contributed by atoms with van der Waals surface area (Å²) in [4.78, 5) is 34.8. The fourth-order valence-electron chi connectivity index (χ4n) is 2.21. The minimum absolute atomic E-state index is 0.121. The molecule has 2 aromatic rings. The quantitative estimate of drug-likeness (QED) is 0.309. The van der Waals surface area contributed by atoms with Gasteiger partial charge in [0.2, 0.25) is 0 Å². The summed E-state index contributed by atoms with van der Waals surface area (Å²) in [5, 5.41) is 11.3. The first-order chi connectivity index (χ1) is 12.5. The number of nitrogens with zero attached hydrogens (tertiary/aromatic N) is 1. The SMILES string of the molecule is CCOc1cc(C(=O)OCC(=O)c2ccccc2)c([N+](=O)[O-])cc1OC. The molecule has 0 atom stereocenters. The van der Waals surface area contributed by atoms with E-state index in [9.17, 15) is 19.7 Å². The van der Waals surface area contributed by atoms with Crippen LogP contribution in [0.1, 0.15) is 27.6 Å². The number of methoxy groups -OCH3 is 1. The van der Waals surface area contributed by atoms with Gasteiger partial charge in [0.05, 0.1) is 24.7 Å². The van der Waals surface area contributed by atoms with Gasteiger partial charge in [-0.25, -0.2) is 4.79 Å². The highest BCUT2D eigenvalue weighted by Gasteiger charge is 2.26. The second kappa shape index (κ2) is 8.61. The number of hydrogen-bond acceptors (Lipinski definition) is 7. The van der Waals surface area contributed by atoms with Crippen LogP contribution in [0.5, 0.6) is 11.5 Å². The number of rotatable bonds is 8. The highest BCUT2D eigenvalue weighted by molar-refractivity contribution is 6.00. The van der Waals surface area contributed by atoms with Gasteiger partial charge in [-0.05, 0) is 6.92 Å². The molecule has 26 heavy (non-hydrogen) atoms. The number of nitro benzene ring substituents is 1. The van der Waals surface area contributed by atoms with E-state index >= 15 is 0 Å². The summed E-state index contributed by atoms with van der Waals surface area (Å²) in [6, 6.07) is 10.5. The van der Waals surface area contributed by atoms with Gasteiger partial charge in [-0.3, -0.25) is 14.9 Å². The zero-order valence-electron chi connectivity index (χ0n) is 14.3. The zero-order chi connectivity index (χ0) is 19.1. The Morgan fingerprint density at radius 3 is 2.38 bits per heavy atom. The predicted molar refractivity (Wildman–Crippen MR) is 91.9 cm³/mol. The second-order valence-corrected chi connectivity index (χ2v) is 5.08. The molecule has 2 aromatic carbocycles. The molecule has 8 nitrogen and oxygen atoms in total. The lowest BCUT2D eigenvalue weighted by Crippen LogP contribution is -2.15. The van der Waals surface area contributed by atoms with Gasteiger partial charge < -0.3 is 14.2 Å². The van der Waals surface area contributed by atoms with E-state index < -0.39 is 29.0 Å². The van der Waals surface area contributed by atoms with Crippen molar-refractivity contribution in [3.05, 3.63) is 63.7 Å². The van der Waals surface area contributed by atoms with Crippen molar-refractivity contribution in [2.45, 2.75) is 6.92 Å². The molecule has 0 amide bonds. The number of carbonyl (C=O) groups excluding carboxylic acids is 2. The average molecular weight is 359 g/mol. The van der Waals surface area contributed by atoms with Crippen LogP contribution in [-0.2, 0) is 4.74 Å². The summed E-state index contributed by atoms with van der Waals surface area (Å²) >= 11 is 0. The number of carbonyl (C=O) groups is 2. The van der Waals surface area contributed by atoms with Crippen molar-refractivity contribution >= 4 is 17.4 Å². The van der Waals surface area contributed by atoms with Crippen molar-refractivity contribution < 1.29 is 28.7 Å². The third-order valence-corrected chi connectivity index (χ3v) is 3.43. The lowest BCUT2D eigenvalue weighted by Gasteiger charge is -2.11. The Balaban J connectivity index is 2.25. The van der Waals surface area contributed by atoms with Crippen LogP contribution in [0.2, 0.25) is 0 Å². The van der Waals surface area contributed by atoms with Crippen LogP contribution in [0, 0.1) is 10.1 Å². The van der Waals surface area contributed by atoms with Crippen molar-refractivity contribution in [3.63, 3.8) is 0 Å². The summed E-state index contributed by atoms with van der Waals surface area (Å²) < 4.78 is 15.3. The highest BCUT2D eigenvalue weighted by atomic mass is 16.6. The van der Waals surface area contributed by atoms with E-state index in [-0.39, 0.29) is 23.7 Å². The number of Topliss-reactive ketones (excluding diaryl/α,β-unsaturated/α-hetero) is 1. The average Bonchev–Trinajstić information content (AvgIpc) is 2.66. The van der Waals surface area contributed by atoms with Gasteiger partial charge in [0.1, 0.15) is 5.56 Å². The summed E-state index contributed by atoms with van der Waals surface area (Å²) in [5.41, 5.74) is -0.442. The Morgan fingerprint density at radius 1 is 1.12 bits per heavy atom. The molecule has 136 valence electrons. The minimum Gasteiger partial charge on any atom is -0.493 e. The van der Waals surface area contributed by atoms with Gasteiger partial charge in [0.15, 0.2) is 23.9 Å². The van der Waals surface area contributed by atoms with Crippen molar-refractivity contribution in [3.8, 4) is 11.5 Å². The van der Waals surface area contributed by atoms with Gasteiger partial charge in [-0.2, -0.15) is 0 Å². The van der Waals surface area contributed by atoms with Crippen molar-refractivity contribution in [1.29, 1.82) is 0 Å². The first kappa shape index (κ1) is 18.9. The summed E-state index contributed by atoms with van der Waals surface area (Å²) in [6.45, 7) is 1.46. The first-order valence-electron chi connectivity index (χ1n) is 7.72. The van der Waals surface area contributed by atoms with Crippen LogP contribution in [-0.4, -0.2) is 37.0 Å². The molecule has 0 aliphatic carbocycles. The molecule has 0 heterocycles. The van der Waals surface area contributed by atoms with Crippen LogP contribution >= 0.6 is 0 Å². The number of ether oxygens (including phenoxy) is 3. The fraction of sp³-hybridized carbons (Fsp3) is 0.222. The fourth-order valence-corrected chi connectivity index (χ4v) is 2.21. The van der Waals surface area contributed by atoms with Crippen LogP contribution in [0.4, 0.5) is 5.69 Å². The third-order valence-electron chi connectivity index (χ3n) is 3.43. The number of nitro groups is 1. The van der Waals surface area contributed by atoms with Gasteiger partial charge >= 0.3 is 5.97 Å². The minimum atomic E-state index is -0.996. The summed E-state index contributed by atoms with van der Waals surface area (Å²) in [7, 11) is 1.33. The van der Waals surface area contributed by atoms with E-state index in [0.29, 0.717) is 5.56 Å². The smallest absolute Gasteiger partial charge is 0.345 e. The van der Waals surface area contributed by atoms with E-state index in [0.717, 1.165) is 6.07 Å². The third kappa shape index (κ3) is 4.35. The van der Waals surface area contributed by atoms with Gasteiger partial charge in [-0.1, -0.05) is 30.3 Å². The Bertz CT molecular complexity index is 818. The van der Waals surface area contributed by atoms with E-state index in [1.165, 1.54) is 13.2 Å². The van der Waals surface area contributed by atoms with E-state index in [4.69, 9.17) is 14.2 Å².